The minimum atomic E-state index is -0.548. The Morgan fingerprint density at radius 2 is 2.16 bits per heavy atom. The molecule has 2 N–H and O–H groups in total. The summed E-state index contributed by atoms with van der Waals surface area (Å²) in [6, 6.07) is 7.36. The van der Waals surface area contributed by atoms with Crippen molar-refractivity contribution >= 4 is 0 Å². The van der Waals surface area contributed by atoms with Gasteiger partial charge in [-0.05, 0) is 17.7 Å². The van der Waals surface area contributed by atoms with E-state index >= 15 is 0 Å². The normalized spacial score (nSPS) is 12.3. The van der Waals surface area contributed by atoms with E-state index in [1.807, 2.05) is 24.3 Å². The number of aromatic nitrogens is 2. The lowest BCUT2D eigenvalue weighted by atomic mass is 10.1. The van der Waals surface area contributed by atoms with E-state index in [1.165, 1.54) is 6.33 Å². The molecular formula is C13H17N3O3. The maximum absolute atomic E-state index is 9.99. The fourth-order valence-electron chi connectivity index (χ4n) is 1.68. The number of hydrogen-bond donors (Lipinski definition) is 2. The van der Waals surface area contributed by atoms with Crippen LogP contribution in [0.3, 0.4) is 0 Å². The van der Waals surface area contributed by atoms with E-state index in [4.69, 9.17) is 9.26 Å². The summed E-state index contributed by atoms with van der Waals surface area (Å²) in [6.45, 7) is 1.15. The molecule has 102 valence electrons. The van der Waals surface area contributed by atoms with Crippen LogP contribution in [0.4, 0.5) is 0 Å². The van der Waals surface area contributed by atoms with Gasteiger partial charge in [0.1, 0.15) is 5.75 Å². The highest BCUT2D eigenvalue weighted by atomic mass is 16.5. The second kappa shape index (κ2) is 6.86. The first-order chi connectivity index (χ1) is 9.29. The van der Waals surface area contributed by atoms with E-state index in [0.29, 0.717) is 25.4 Å². The maximum atomic E-state index is 9.99. The van der Waals surface area contributed by atoms with Gasteiger partial charge >= 0.3 is 0 Å². The Kier molecular flexibility index (Phi) is 4.88. The second-order valence-corrected chi connectivity index (χ2v) is 4.08. The topological polar surface area (TPSA) is 80.4 Å². The molecule has 19 heavy (non-hydrogen) atoms. The van der Waals surface area contributed by atoms with Gasteiger partial charge in [-0.3, -0.25) is 0 Å². The molecule has 0 aliphatic carbocycles. The molecule has 1 unspecified atom stereocenters. The van der Waals surface area contributed by atoms with Crippen molar-refractivity contribution in [2.45, 2.75) is 12.5 Å². The first-order valence-electron chi connectivity index (χ1n) is 6.08. The molecule has 0 saturated carbocycles. The Morgan fingerprint density at radius 1 is 1.37 bits per heavy atom. The molecular weight excluding hydrogens is 246 g/mol. The Morgan fingerprint density at radius 3 is 2.79 bits per heavy atom. The SMILES string of the molecule is COc1ccc(C(O)CNCCc2ncno2)cc1. The number of ether oxygens (including phenoxy) is 1. The molecule has 0 fully saturated rings. The zero-order valence-corrected chi connectivity index (χ0v) is 10.7. The van der Waals surface area contributed by atoms with E-state index in [-0.39, 0.29) is 0 Å². The van der Waals surface area contributed by atoms with Crippen LogP contribution in [0, 0.1) is 0 Å². The summed E-state index contributed by atoms with van der Waals surface area (Å²) in [7, 11) is 1.62. The lowest BCUT2D eigenvalue weighted by Crippen LogP contribution is -2.23. The number of aliphatic hydroxyl groups excluding tert-OH is 1. The summed E-state index contributed by atoms with van der Waals surface area (Å²) in [5.74, 6) is 1.37. The summed E-state index contributed by atoms with van der Waals surface area (Å²) in [5, 5.41) is 16.7. The van der Waals surface area contributed by atoms with E-state index in [2.05, 4.69) is 15.5 Å². The number of nitrogens with zero attached hydrogens (tertiary/aromatic N) is 2. The van der Waals surface area contributed by atoms with Crippen LogP contribution < -0.4 is 10.1 Å². The average Bonchev–Trinajstić information content (AvgIpc) is 2.96. The average molecular weight is 263 g/mol. The van der Waals surface area contributed by atoms with Gasteiger partial charge in [0.25, 0.3) is 0 Å². The Balaban J connectivity index is 1.72. The fourth-order valence-corrected chi connectivity index (χ4v) is 1.68. The molecule has 0 amide bonds. The molecule has 6 nitrogen and oxygen atoms in total. The molecule has 1 aromatic heterocycles. The third-order valence-electron chi connectivity index (χ3n) is 2.76. The number of nitrogens with one attached hydrogen (secondary N) is 1. The van der Waals surface area contributed by atoms with Gasteiger partial charge in [-0.25, -0.2) is 0 Å². The van der Waals surface area contributed by atoms with Crippen molar-refractivity contribution < 1.29 is 14.4 Å². The van der Waals surface area contributed by atoms with Crippen molar-refractivity contribution in [3.63, 3.8) is 0 Å². The third-order valence-corrected chi connectivity index (χ3v) is 2.76. The minimum Gasteiger partial charge on any atom is -0.497 e. The zero-order chi connectivity index (χ0) is 13.5. The van der Waals surface area contributed by atoms with Crippen molar-refractivity contribution in [2.24, 2.45) is 0 Å². The number of aliphatic hydroxyl groups is 1. The lowest BCUT2D eigenvalue weighted by Gasteiger charge is -2.12. The second-order valence-electron chi connectivity index (χ2n) is 4.08. The number of hydrogen-bond acceptors (Lipinski definition) is 6. The van der Waals surface area contributed by atoms with E-state index in [1.54, 1.807) is 7.11 Å². The minimum absolute atomic E-state index is 0.473. The quantitative estimate of drug-likeness (QED) is 0.724. The van der Waals surface area contributed by atoms with Gasteiger partial charge in [0.2, 0.25) is 5.89 Å². The highest BCUT2D eigenvalue weighted by Gasteiger charge is 2.07. The summed E-state index contributed by atoms with van der Waals surface area (Å²) in [5.41, 5.74) is 0.853. The van der Waals surface area contributed by atoms with Crippen LogP contribution >= 0.6 is 0 Å². The van der Waals surface area contributed by atoms with Gasteiger partial charge in [-0.2, -0.15) is 4.98 Å². The van der Waals surface area contributed by atoms with Crippen LogP contribution in [-0.4, -0.2) is 35.4 Å². The van der Waals surface area contributed by atoms with Gasteiger partial charge < -0.3 is 19.7 Å². The summed E-state index contributed by atoms with van der Waals surface area (Å²) in [4.78, 5) is 3.92. The summed E-state index contributed by atoms with van der Waals surface area (Å²) < 4.78 is 9.94. The summed E-state index contributed by atoms with van der Waals surface area (Å²) >= 11 is 0. The summed E-state index contributed by atoms with van der Waals surface area (Å²) in [6.07, 6.45) is 1.48. The zero-order valence-electron chi connectivity index (χ0n) is 10.7. The van der Waals surface area contributed by atoms with Gasteiger partial charge in [0, 0.05) is 19.5 Å². The molecule has 1 aromatic carbocycles. The molecule has 2 rings (SSSR count). The van der Waals surface area contributed by atoms with Crippen LogP contribution in [0.1, 0.15) is 17.6 Å². The fraction of sp³-hybridized carbons (Fsp3) is 0.385. The molecule has 2 aromatic rings. The van der Waals surface area contributed by atoms with Crippen molar-refractivity contribution in [1.82, 2.24) is 15.5 Å². The Bertz CT molecular complexity index is 470. The molecule has 0 bridgehead atoms. The maximum Gasteiger partial charge on any atom is 0.227 e. The predicted molar refractivity (Wildman–Crippen MR) is 68.8 cm³/mol. The monoisotopic (exact) mass is 263 g/mol. The number of methoxy groups -OCH3 is 1. The molecule has 0 spiro atoms. The lowest BCUT2D eigenvalue weighted by molar-refractivity contribution is 0.174. The van der Waals surface area contributed by atoms with Gasteiger partial charge in [-0.1, -0.05) is 17.3 Å². The highest BCUT2D eigenvalue weighted by molar-refractivity contribution is 5.28. The first kappa shape index (κ1) is 13.5. The van der Waals surface area contributed by atoms with Gasteiger partial charge in [0.15, 0.2) is 6.33 Å². The largest absolute Gasteiger partial charge is 0.497 e. The number of rotatable bonds is 7. The molecule has 6 heteroatoms. The van der Waals surface area contributed by atoms with Crippen molar-refractivity contribution in [1.29, 1.82) is 0 Å². The standard InChI is InChI=1S/C13H17N3O3/c1-18-11-4-2-10(3-5-11)12(17)8-14-7-6-13-15-9-16-19-13/h2-5,9,12,14,17H,6-8H2,1H3. The van der Waals surface area contributed by atoms with Gasteiger partial charge in [0.05, 0.1) is 13.2 Å². The Labute approximate surface area is 111 Å². The molecule has 0 aliphatic rings. The van der Waals surface area contributed by atoms with Crippen LogP contribution in [-0.2, 0) is 6.42 Å². The van der Waals surface area contributed by atoms with E-state index in [0.717, 1.165) is 11.3 Å². The van der Waals surface area contributed by atoms with Crippen molar-refractivity contribution in [3.05, 3.63) is 42.0 Å². The first-order valence-corrected chi connectivity index (χ1v) is 6.08. The molecule has 1 heterocycles. The van der Waals surface area contributed by atoms with Gasteiger partial charge in [-0.15, -0.1) is 0 Å². The molecule has 0 aliphatic heterocycles. The predicted octanol–water partition coefficient (Wildman–Crippen LogP) is 0.944. The van der Waals surface area contributed by atoms with Crippen LogP contribution in [0.25, 0.3) is 0 Å². The van der Waals surface area contributed by atoms with Crippen molar-refractivity contribution in [2.75, 3.05) is 20.2 Å². The van der Waals surface area contributed by atoms with Crippen LogP contribution in [0.2, 0.25) is 0 Å². The molecule has 0 radical (unpaired) electrons. The molecule has 1 atom stereocenters. The smallest absolute Gasteiger partial charge is 0.227 e. The van der Waals surface area contributed by atoms with E-state index in [9.17, 15) is 5.11 Å². The molecule has 0 saturated heterocycles. The van der Waals surface area contributed by atoms with Crippen LogP contribution in [0.15, 0.2) is 35.1 Å². The number of benzene rings is 1. The van der Waals surface area contributed by atoms with Crippen molar-refractivity contribution in [3.8, 4) is 5.75 Å². The highest BCUT2D eigenvalue weighted by Crippen LogP contribution is 2.16. The van der Waals surface area contributed by atoms with E-state index < -0.39 is 6.10 Å². The third kappa shape index (κ3) is 4.04. The van der Waals surface area contributed by atoms with Crippen LogP contribution in [0.5, 0.6) is 5.75 Å². The Hall–Kier alpha value is -1.92.